The maximum Gasteiger partial charge on any atom is 0.347 e. The van der Waals surface area contributed by atoms with Gasteiger partial charge in [-0.15, -0.1) is 0 Å². The van der Waals surface area contributed by atoms with E-state index in [1.807, 2.05) is 0 Å². The fraction of sp³-hybridized carbons (Fsp3) is 0.565. The van der Waals surface area contributed by atoms with Gasteiger partial charge < -0.3 is 19.3 Å². The normalized spacial score (nSPS) is 21.1. The zero-order valence-corrected chi connectivity index (χ0v) is 19.3. The van der Waals surface area contributed by atoms with Gasteiger partial charge in [0.2, 0.25) is 5.91 Å². The molecule has 1 heterocycles. The summed E-state index contributed by atoms with van der Waals surface area (Å²) < 4.78 is 15.8. The standard InChI is InChI=1S/C23H31NO8/c1-7-30-19(27)23(20(28)31-8-2)22(6,29)14-16(25)24(23)17(15-12-10-9-11-13-15)18(26)32-21(3,4)5/h9-13,17,29H,7-8,14H2,1-6H3. The number of ether oxygens (including phenoxy) is 3. The summed E-state index contributed by atoms with van der Waals surface area (Å²) in [5, 5.41) is 11.2. The van der Waals surface area contributed by atoms with Gasteiger partial charge in [0.25, 0.3) is 5.54 Å². The van der Waals surface area contributed by atoms with E-state index in [2.05, 4.69) is 0 Å². The molecule has 176 valence electrons. The molecule has 1 amide bonds. The van der Waals surface area contributed by atoms with Crippen LogP contribution >= 0.6 is 0 Å². The number of esters is 3. The number of benzene rings is 1. The second-order valence-corrected chi connectivity index (χ2v) is 8.71. The number of hydrogen-bond acceptors (Lipinski definition) is 8. The second kappa shape index (κ2) is 9.28. The van der Waals surface area contributed by atoms with Crippen LogP contribution in [0.1, 0.15) is 59.6 Å². The summed E-state index contributed by atoms with van der Waals surface area (Å²) in [4.78, 5) is 53.9. The summed E-state index contributed by atoms with van der Waals surface area (Å²) in [6.07, 6.45) is -0.600. The van der Waals surface area contributed by atoms with E-state index >= 15 is 0 Å². The van der Waals surface area contributed by atoms with Gasteiger partial charge in [0, 0.05) is 0 Å². The van der Waals surface area contributed by atoms with E-state index in [0.29, 0.717) is 5.56 Å². The molecule has 1 fully saturated rings. The van der Waals surface area contributed by atoms with Crippen LogP contribution in [0.3, 0.4) is 0 Å². The Labute approximate surface area is 187 Å². The Morgan fingerprint density at radius 3 is 2.00 bits per heavy atom. The molecule has 1 aliphatic rings. The third-order valence-electron chi connectivity index (χ3n) is 5.05. The van der Waals surface area contributed by atoms with E-state index in [4.69, 9.17) is 14.2 Å². The van der Waals surface area contributed by atoms with Gasteiger partial charge >= 0.3 is 17.9 Å². The van der Waals surface area contributed by atoms with Crippen molar-refractivity contribution in [1.29, 1.82) is 0 Å². The summed E-state index contributed by atoms with van der Waals surface area (Å²) in [6.45, 7) is 8.93. The zero-order valence-electron chi connectivity index (χ0n) is 19.3. The Balaban J connectivity index is 2.82. The molecule has 1 aromatic carbocycles. The van der Waals surface area contributed by atoms with Gasteiger partial charge in [0.15, 0.2) is 6.04 Å². The SMILES string of the molecule is CCOC(=O)C1(C(=O)OCC)N(C(C(=O)OC(C)(C)C)c2ccccc2)C(=O)CC1(C)O. The number of aliphatic hydroxyl groups is 1. The topological polar surface area (TPSA) is 119 Å². The second-order valence-electron chi connectivity index (χ2n) is 8.71. The lowest BCUT2D eigenvalue weighted by molar-refractivity contribution is -0.194. The number of nitrogens with zero attached hydrogens (tertiary/aromatic N) is 1. The molecule has 0 radical (unpaired) electrons. The summed E-state index contributed by atoms with van der Waals surface area (Å²) in [5.74, 6) is -4.03. The van der Waals surface area contributed by atoms with Crippen LogP contribution in [0, 0.1) is 0 Å². The molecule has 2 rings (SSSR count). The molecule has 2 atom stereocenters. The number of hydrogen-bond donors (Lipinski definition) is 1. The Morgan fingerprint density at radius 1 is 1.06 bits per heavy atom. The molecule has 2 unspecified atom stereocenters. The van der Waals surface area contributed by atoms with E-state index < -0.39 is 53.0 Å². The zero-order chi connectivity index (χ0) is 24.3. The van der Waals surface area contributed by atoms with Crippen molar-refractivity contribution in [3.05, 3.63) is 35.9 Å². The maximum absolute atomic E-state index is 13.3. The van der Waals surface area contributed by atoms with Crippen LogP contribution in [0.5, 0.6) is 0 Å². The lowest BCUT2D eigenvalue weighted by Gasteiger charge is -2.43. The molecule has 32 heavy (non-hydrogen) atoms. The average molecular weight is 450 g/mol. The van der Waals surface area contributed by atoms with Crippen LogP contribution in [-0.4, -0.2) is 63.8 Å². The van der Waals surface area contributed by atoms with Crippen molar-refractivity contribution in [2.45, 2.75) is 70.7 Å². The van der Waals surface area contributed by atoms with Crippen LogP contribution < -0.4 is 0 Å². The summed E-state index contributed by atoms with van der Waals surface area (Å²) in [7, 11) is 0. The Kier molecular flexibility index (Phi) is 7.34. The third kappa shape index (κ3) is 4.48. The molecule has 1 saturated heterocycles. The number of likely N-dealkylation sites (tertiary alicyclic amines) is 1. The van der Waals surface area contributed by atoms with Gasteiger partial charge in [0.05, 0.1) is 19.6 Å². The monoisotopic (exact) mass is 449 g/mol. The highest BCUT2D eigenvalue weighted by Crippen LogP contribution is 2.46. The summed E-state index contributed by atoms with van der Waals surface area (Å²) in [6, 6.07) is 6.61. The van der Waals surface area contributed by atoms with Crippen molar-refractivity contribution in [1.82, 2.24) is 4.90 Å². The first-order valence-electron chi connectivity index (χ1n) is 10.5. The molecule has 0 spiro atoms. The molecule has 1 aliphatic heterocycles. The smallest absolute Gasteiger partial charge is 0.347 e. The van der Waals surface area contributed by atoms with Gasteiger partial charge in [-0.3, -0.25) is 9.69 Å². The molecule has 1 N–H and O–H groups in total. The fourth-order valence-electron chi connectivity index (χ4n) is 3.87. The van der Waals surface area contributed by atoms with Crippen LogP contribution in [-0.2, 0) is 33.4 Å². The lowest BCUT2D eigenvalue weighted by atomic mass is 9.80. The molecule has 0 bridgehead atoms. The highest BCUT2D eigenvalue weighted by molar-refractivity contribution is 6.13. The first kappa shape index (κ1) is 25.3. The van der Waals surface area contributed by atoms with E-state index in [1.54, 1.807) is 51.1 Å². The molecular formula is C23H31NO8. The molecular weight excluding hydrogens is 418 g/mol. The van der Waals surface area contributed by atoms with Crippen molar-refractivity contribution in [3.63, 3.8) is 0 Å². The van der Waals surface area contributed by atoms with Gasteiger partial charge in [-0.1, -0.05) is 30.3 Å². The van der Waals surface area contributed by atoms with Gasteiger partial charge in [-0.05, 0) is 47.1 Å². The minimum absolute atomic E-state index is 0.124. The van der Waals surface area contributed by atoms with E-state index in [9.17, 15) is 24.3 Å². The van der Waals surface area contributed by atoms with E-state index in [0.717, 1.165) is 4.90 Å². The minimum Gasteiger partial charge on any atom is -0.464 e. The summed E-state index contributed by atoms with van der Waals surface area (Å²) in [5.41, 5.74) is -5.44. The number of rotatable bonds is 7. The van der Waals surface area contributed by atoms with Crippen LogP contribution in [0.25, 0.3) is 0 Å². The van der Waals surface area contributed by atoms with Crippen molar-refractivity contribution >= 4 is 23.8 Å². The van der Waals surface area contributed by atoms with Crippen molar-refractivity contribution in [2.24, 2.45) is 0 Å². The van der Waals surface area contributed by atoms with Gasteiger partial charge in [-0.2, -0.15) is 0 Å². The first-order valence-corrected chi connectivity index (χ1v) is 10.5. The van der Waals surface area contributed by atoms with E-state index in [1.165, 1.54) is 20.8 Å². The predicted molar refractivity (Wildman–Crippen MR) is 113 cm³/mol. The maximum atomic E-state index is 13.3. The number of amides is 1. The van der Waals surface area contributed by atoms with Crippen molar-refractivity contribution < 1.29 is 38.5 Å². The minimum atomic E-state index is -2.60. The summed E-state index contributed by atoms with van der Waals surface area (Å²) >= 11 is 0. The highest BCUT2D eigenvalue weighted by atomic mass is 16.6. The molecule has 9 heteroatoms. The highest BCUT2D eigenvalue weighted by Gasteiger charge is 2.73. The third-order valence-corrected chi connectivity index (χ3v) is 5.05. The van der Waals surface area contributed by atoms with Crippen LogP contribution in [0.15, 0.2) is 30.3 Å². The largest absolute Gasteiger partial charge is 0.464 e. The fourth-order valence-corrected chi connectivity index (χ4v) is 3.87. The molecule has 9 nitrogen and oxygen atoms in total. The lowest BCUT2D eigenvalue weighted by Crippen LogP contribution is -2.69. The number of carbonyl (C=O) groups excluding carboxylic acids is 4. The molecule has 0 saturated carbocycles. The van der Waals surface area contributed by atoms with Crippen molar-refractivity contribution in [2.75, 3.05) is 13.2 Å². The van der Waals surface area contributed by atoms with Gasteiger partial charge in [0.1, 0.15) is 11.2 Å². The quantitative estimate of drug-likeness (QED) is 0.381. The Morgan fingerprint density at radius 2 is 1.56 bits per heavy atom. The van der Waals surface area contributed by atoms with E-state index in [-0.39, 0.29) is 13.2 Å². The Bertz CT molecular complexity index is 854. The predicted octanol–water partition coefficient (Wildman–Crippen LogP) is 1.92. The molecule has 0 aromatic heterocycles. The van der Waals surface area contributed by atoms with Gasteiger partial charge in [-0.25, -0.2) is 14.4 Å². The molecule has 1 aromatic rings. The Hall–Kier alpha value is -2.94. The van der Waals surface area contributed by atoms with Crippen LogP contribution in [0.4, 0.5) is 0 Å². The van der Waals surface area contributed by atoms with Crippen LogP contribution in [0.2, 0.25) is 0 Å². The average Bonchev–Trinajstić information content (AvgIpc) is 2.87. The van der Waals surface area contributed by atoms with Crippen molar-refractivity contribution in [3.8, 4) is 0 Å². The number of carbonyl (C=O) groups is 4. The first-order chi connectivity index (χ1) is 14.8. The molecule has 0 aliphatic carbocycles.